The fourth-order valence-electron chi connectivity index (χ4n) is 2.02. The summed E-state index contributed by atoms with van der Waals surface area (Å²) < 4.78 is 5.73. The zero-order valence-electron chi connectivity index (χ0n) is 11.6. The summed E-state index contributed by atoms with van der Waals surface area (Å²) in [5.41, 5.74) is 4.74. The lowest BCUT2D eigenvalue weighted by Crippen LogP contribution is -2.52. The summed E-state index contributed by atoms with van der Waals surface area (Å²) in [4.78, 5) is 0. The number of hydrazine groups is 1. The van der Waals surface area contributed by atoms with Crippen molar-refractivity contribution in [3.8, 4) is 0 Å². The standard InChI is InChI=1S/C14H23ClN2O/c1-5-18-14(3,4)13(17-16)9-11-7-6-10(2)8-12(11)15/h6-8,13,17H,5,9,16H2,1-4H3. The first kappa shape index (κ1) is 15.4. The Hall–Kier alpha value is -0.610. The van der Waals surface area contributed by atoms with Crippen LogP contribution in [0.3, 0.4) is 0 Å². The molecular formula is C14H23ClN2O. The minimum atomic E-state index is -0.336. The highest BCUT2D eigenvalue weighted by Crippen LogP contribution is 2.23. The summed E-state index contributed by atoms with van der Waals surface area (Å²) in [7, 11) is 0. The highest BCUT2D eigenvalue weighted by molar-refractivity contribution is 6.31. The minimum absolute atomic E-state index is 0.0117. The molecular weight excluding hydrogens is 248 g/mol. The van der Waals surface area contributed by atoms with Crippen molar-refractivity contribution in [1.29, 1.82) is 0 Å². The molecule has 1 atom stereocenters. The average Bonchev–Trinajstić information content (AvgIpc) is 2.27. The van der Waals surface area contributed by atoms with Crippen LogP contribution >= 0.6 is 11.6 Å². The lowest BCUT2D eigenvalue weighted by atomic mass is 9.92. The molecule has 0 aliphatic carbocycles. The van der Waals surface area contributed by atoms with Crippen LogP contribution in [0, 0.1) is 6.92 Å². The molecule has 102 valence electrons. The molecule has 1 rings (SSSR count). The largest absolute Gasteiger partial charge is 0.374 e. The second kappa shape index (κ2) is 6.53. The summed E-state index contributed by atoms with van der Waals surface area (Å²) >= 11 is 6.25. The van der Waals surface area contributed by atoms with Crippen LogP contribution in [0.4, 0.5) is 0 Å². The lowest BCUT2D eigenvalue weighted by molar-refractivity contribution is -0.0380. The number of halogens is 1. The number of nitrogens with one attached hydrogen (secondary N) is 1. The predicted octanol–water partition coefficient (Wildman–Crippen LogP) is 2.84. The van der Waals surface area contributed by atoms with Crippen LogP contribution in [-0.2, 0) is 11.2 Å². The quantitative estimate of drug-likeness (QED) is 0.617. The van der Waals surface area contributed by atoms with Gasteiger partial charge in [-0.25, -0.2) is 0 Å². The average molecular weight is 271 g/mol. The summed E-state index contributed by atoms with van der Waals surface area (Å²) in [5, 5.41) is 0.780. The van der Waals surface area contributed by atoms with Crippen molar-refractivity contribution in [2.24, 2.45) is 5.84 Å². The summed E-state index contributed by atoms with van der Waals surface area (Å²) in [6, 6.07) is 6.09. The summed E-state index contributed by atoms with van der Waals surface area (Å²) in [5.74, 6) is 5.64. The van der Waals surface area contributed by atoms with Gasteiger partial charge in [0.15, 0.2) is 0 Å². The number of hydrogen-bond donors (Lipinski definition) is 2. The Bertz CT molecular complexity index is 393. The Kier molecular flexibility index (Phi) is 5.60. The van der Waals surface area contributed by atoms with Gasteiger partial charge >= 0.3 is 0 Å². The zero-order chi connectivity index (χ0) is 13.8. The number of hydrogen-bond acceptors (Lipinski definition) is 3. The molecule has 0 radical (unpaired) electrons. The minimum Gasteiger partial charge on any atom is -0.374 e. The Labute approximate surface area is 115 Å². The molecule has 18 heavy (non-hydrogen) atoms. The maximum atomic E-state index is 6.25. The first-order valence-electron chi connectivity index (χ1n) is 6.25. The third kappa shape index (κ3) is 3.95. The van der Waals surface area contributed by atoms with E-state index in [1.807, 2.05) is 39.8 Å². The fraction of sp³-hybridized carbons (Fsp3) is 0.571. The molecule has 0 spiro atoms. The Morgan fingerprint density at radius 3 is 2.61 bits per heavy atom. The van der Waals surface area contributed by atoms with Crippen LogP contribution < -0.4 is 11.3 Å². The van der Waals surface area contributed by atoms with Gasteiger partial charge in [-0.15, -0.1) is 0 Å². The second-order valence-corrected chi connectivity index (χ2v) is 5.46. The number of nitrogens with two attached hydrogens (primary N) is 1. The molecule has 0 bridgehead atoms. The number of ether oxygens (including phenoxy) is 1. The van der Waals surface area contributed by atoms with Crippen LogP contribution in [0.15, 0.2) is 18.2 Å². The van der Waals surface area contributed by atoms with Gasteiger partial charge in [-0.3, -0.25) is 11.3 Å². The van der Waals surface area contributed by atoms with Gasteiger partial charge in [-0.2, -0.15) is 0 Å². The third-order valence-corrected chi connectivity index (χ3v) is 3.54. The van der Waals surface area contributed by atoms with Crippen LogP contribution in [-0.4, -0.2) is 18.2 Å². The normalized spacial score (nSPS) is 13.7. The Morgan fingerprint density at radius 2 is 2.11 bits per heavy atom. The van der Waals surface area contributed by atoms with Gasteiger partial charge in [0.1, 0.15) is 0 Å². The van der Waals surface area contributed by atoms with Gasteiger partial charge in [0.25, 0.3) is 0 Å². The maximum absolute atomic E-state index is 6.25. The van der Waals surface area contributed by atoms with E-state index in [9.17, 15) is 0 Å². The zero-order valence-corrected chi connectivity index (χ0v) is 12.3. The Morgan fingerprint density at radius 1 is 1.44 bits per heavy atom. The number of rotatable bonds is 6. The van der Waals surface area contributed by atoms with Crippen LogP contribution in [0.5, 0.6) is 0 Å². The lowest BCUT2D eigenvalue weighted by Gasteiger charge is -2.34. The van der Waals surface area contributed by atoms with Crippen molar-refractivity contribution >= 4 is 11.6 Å². The molecule has 0 fully saturated rings. The van der Waals surface area contributed by atoms with E-state index >= 15 is 0 Å². The molecule has 1 aromatic carbocycles. The van der Waals surface area contributed by atoms with Crippen LogP contribution in [0.2, 0.25) is 5.02 Å². The molecule has 0 heterocycles. The van der Waals surface area contributed by atoms with Crippen molar-refractivity contribution in [1.82, 2.24) is 5.43 Å². The fourth-order valence-corrected chi connectivity index (χ4v) is 2.33. The van der Waals surface area contributed by atoms with Gasteiger partial charge in [-0.05, 0) is 51.3 Å². The van der Waals surface area contributed by atoms with E-state index in [0.29, 0.717) is 6.61 Å². The van der Waals surface area contributed by atoms with Gasteiger partial charge in [0.2, 0.25) is 0 Å². The molecule has 0 amide bonds. The molecule has 0 aromatic heterocycles. The first-order chi connectivity index (χ1) is 8.40. The number of aryl methyl sites for hydroxylation is 1. The molecule has 3 nitrogen and oxygen atoms in total. The van der Waals surface area contributed by atoms with Crippen LogP contribution in [0.1, 0.15) is 31.9 Å². The van der Waals surface area contributed by atoms with Crippen molar-refractivity contribution < 1.29 is 4.74 Å². The highest BCUT2D eigenvalue weighted by Gasteiger charge is 2.29. The predicted molar refractivity (Wildman–Crippen MR) is 76.7 cm³/mol. The molecule has 4 heteroatoms. The van der Waals surface area contributed by atoms with E-state index in [2.05, 4.69) is 11.5 Å². The van der Waals surface area contributed by atoms with Crippen molar-refractivity contribution in [3.05, 3.63) is 34.3 Å². The van der Waals surface area contributed by atoms with E-state index in [-0.39, 0.29) is 11.6 Å². The van der Waals surface area contributed by atoms with E-state index in [4.69, 9.17) is 22.2 Å². The topological polar surface area (TPSA) is 47.3 Å². The molecule has 0 aliphatic rings. The highest BCUT2D eigenvalue weighted by atomic mass is 35.5. The molecule has 1 aromatic rings. The monoisotopic (exact) mass is 270 g/mol. The van der Waals surface area contributed by atoms with E-state index in [1.54, 1.807) is 0 Å². The van der Waals surface area contributed by atoms with Gasteiger partial charge < -0.3 is 4.74 Å². The van der Waals surface area contributed by atoms with E-state index in [1.165, 1.54) is 0 Å². The molecule has 0 saturated carbocycles. The van der Waals surface area contributed by atoms with E-state index < -0.39 is 0 Å². The third-order valence-electron chi connectivity index (χ3n) is 3.19. The van der Waals surface area contributed by atoms with Crippen molar-refractivity contribution in [3.63, 3.8) is 0 Å². The van der Waals surface area contributed by atoms with Gasteiger partial charge in [0, 0.05) is 11.6 Å². The SMILES string of the molecule is CCOC(C)(C)C(Cc1ccc(C)cc1Cl)NN. The summed E-state index contributed by atoms with van der Waals surface area (Å²) in [6.45, 7) is 8.73. The van der Waals surface area contributed by atoms with Gasteiger partial charge in [-0.1, -0.05) is 23.7 Å². The van der Waals surface area contributed by atoms with Crippen LogP contribution in [0.25, 0.3) is 0 Å². The van der Waals surface area contributed by atoms with Crippen molar-refractivity contribution in [2.45, 2.75) is 45.8 Å². The molecule has 0 saturated heterocycles. The van der Waals surface area contributed by atoms with E-state index in [0.717, 1.165) is 22.6 Å². The Balaban J connectivity index is 2.85. The van der Waals surface area contributed by atoms with Crippen molar-refractivity contribution in [2.75, 3.05) is 6.61 Å². The second-order valence-electron chi connectivity index (χ2n) is 5.05. The molecule has 0 aliphatic heterocycles. The van der Waals surface area contributed by atoms with Gasteiger partial charge in [0.05, 0.1) is 11.6 Å². The molecule has 1 unspecified atom stereocenters. The first-order valence-corrected chi connectivity index (χ1v) is 6.63. The maximum Gasteiger partial charge on any atom is 0.0795 e. The number of benzene rings is 1. The summed E-state index contributed by atoms with van der Waals surface area (Å²) in [6.07, 6.45) is 0.739. The molecule has 3 N–H and O–H groups in total. The smallest absolute Gasteiger partial charge is 0.0795 e.